The Bertz CT molecular complexity index is 817. The third kappa shape index (κ3) is 3.07. The van der Waals surface area contributed by atoms with Crippen LogP contribution in [0.1, 0.15) is 47.8 Å². The molecule has 0 unspecified atom stereocenters. The van der Waals surface area contributed by atoms with Crippen molar-refractivity contribution in [2.24, 2.45) is 0 Å². The van der Waals surface area contributed by atoms with E-state index in [1.54, 1.807) is 17.0 Å². The summed E-state index contributed by atoms with van der Waals surface area (Å²) in [5.74, 6) is 0.966. The molecule has 26 heavy (non-hydrogen) atoms. The van der Waals surface area contributed by atoms with Gasteiger partial charge in [0.25, 0.3) is 5.91 Å². The molecule has 0 radical (unpaired) electrons. The first-order valence-electron chi connectivity index (χ1n) is 8.93. The highest BCUT2D eigenvalue weighted by molar-refractivity contribution is 5.91. The van der Waals surface area contributed by atoms with Crippen LogP contribution in [0.15, 0.2) is 47.1 Å². The SMILES string of the molecule is CN1CC[C@]2(CCC1=O)C[C@H](NC(=O)c1ccco1)c1ccccc1O2. The molecule has 3 heterocycles. The molecule has 6 heteroatoms. The van der Waals surface area contributed by atoms with Gasteiger partial charge in [0.2, 0.25) is 5.91 Å². The van der Waals surface area contributed by atoms with Crippen molar-refractivity contribution < 1.29 is 18.7 Å². The number of likely N-dealkylation sites (tertiary alicyclic amines) is 1. The van der Waals surface area contributed by atoms with Crippen LogP contribution in [-0.2, 0) is 4.79 Å². The Morgan fingerprint density at radius 1 is 1.23 bits per heavy atom. The highest BCUT2D eigenvalue weighted by atomic mass is 16.5. The fourth-order valence-corrected chi connectivity index (χ4v) is 3.84. The van der Waals surface area contributed by atoms with Crippen LogP contribution >= 0.6 is 0 Å². The standard InChI is InChI=1S/C20H22N2O4/c1-22-11-10-20(9-8-18(22)23)13-15(14-5-2-3-6-16(14)26-20)21-19(24)17-7-4-12-25-17/h2-7,12,15H,8-11,13H2,1H3,(H,21,24)/t15-,20+/m0/s1. The normalized spacial score (nSPS) is 25.3. The minimum atomic E-state index is -0.449. The van der Waals surface area contributed by atoms with Gasteiger partial charge in [0.1, 0.15) is 11.4 Å². The third-order valence-electron chi connectivity index (χ3n) is 5.37. The molecule has 0 saturated carbocycles. The van der Waals surface area contributed by atoms with E-state index in [0.717, 1.165) is 17.7 Å². The zero-order chi connectivity index (χ0) is 18.1. The average Bonchev–Trinajstić information content (AvgIpc) is 3.15. The lowest BCUT2D eigenvalue weighted by Crippen LogP contribution is -2.45. The molecule has 0 aliphatic carbocycles. The van der Waals surface area contributed by atoms with E-state index in [0.29, 0.717) is 31.6 Å². The first-order chi connectivity index (χ1) is 12.6. The second kappa shape index (κ2) is 6.52. The van der Waals surface area contributed by atoms with Gasteiger partial charge in [0, 0.05) is 38.4 Å². The molecule has 2 atom stereocenters. The van der Waals surface area contributed by atoms with Crippen LogP contribution in [0, 0.1) is 0 Å². The second-order valence-electron chi connectivity index (χ2n) is 7.10. The average molecular weight is 354 g/mol. The maximum absolute atomic E-state index is 12.5. The lowest BCUT2D eigenvalue weighted by atomic mass is 9.82. The van der Waals surface area contributed by atoms with E-state index in [2.05, 4.69) is 5.32 Å². The molecule has 2 amide bonds. The lowest BCUT2D eigenvalue weighted by Gasteiger charge is -2.42. The van der Waals surface area contributed by atoms with E-state index < -0.39 is 5.60 Å². The van der Waals surface area contributed by atoms with Crippen LogP contribution in [0.25, 0.3) is 0 Å². The van der Waals surface area contributed by atoms with Crippen LogP contribution in [-0.4, -0.2) is 35.9 Å². The van der Waals surface area contributed by atoms with Crippen molar-refractivity contribution in [3.63, 3.8) is 0 Å². The van der Waals surface area contributed by atoms with Crippen LogP contribution in [0.5, 0.6) is 5.75 Å². The first kappa shape index (κ1) is 16.7. The van der Waals surface area contributed by atoms with Crippen molar-refractivity contribution in [1.29, 1.82) is 0 Å². The Morgan fingerprint density at radius 2 is 2.08 bits per heavy atom. The van der Waals surface area contributed by atoms with Crippen molar-refractivity contribution in [3.8, 4) is 5.75 Å². The van der Waals surface area contributed by atoms with E-state index in [4.69, 9.17) is 9.15 Å². The molecule has 4 rings (SSSR count). The minimum Gasteiger partial charge on any atom is -0.487 e. The van der Waals surface area contributed by atoms with Crippen molar-refractivity contribution in [3.05, 3.63) is 54.0 Å². The number of ether oxygens (including phenoxy) is 1. The van der Waals surface area contributed by atoms with Gasteiger partial charge in [-0.15, -0.1) is 0 Å². The number of fused-ring (bicyclic) bond motifs is 1. The topological polar surface area (TPSA) is 71.8 Å². The Labute approximate surface area is 152 Å². The summed E-state index contributed by atoms with van der Waals surface area (Å²) >= 11 is 0. The number of carbonyl (C=O) groups is 2. The highest BCUT2D eigenvalue weighted by Gasteiger charge is 2.43. The fraction of sp³-hybridized carbons (Fsp3) is 0.400. The van der Waals surface area contributed by atoms with Crippen molar-refractivity contribution in [2.45, 2.75) is 37.3 Å². The molecule has 2 aromatic rings. The Morgan fingerprint density at radius 3 is 2.88 bits per heavy atom. The number of rotatable bonds is 2. The molecular formula is C20H22N2O4. The van der Waals surface area contributed by atoms with Crippen LogP contribution in [0.2, 0.25) is 0 Å². The first-order valence-corrected chi connectivity index (χ1v) is 8.93. The number of hydrogen-bond acceptors (Lipinski definition) is 4. The zero-order valence-electron chi connectivity index (χ0n) is 14.7. The second-order valence-corrected chi connectivity index (χ2v) is 7.10. The lowest BCUT2D eigenvalue weighted by molar-refractivity contribution is -0.129. The Balaban J connectivity index is 1.63. The molecule has 0 bridgehead atoms. The summed E-state index contributed by atoms with van der Waals surface area (Å²) < 4.78 is 11.6. The fourth-order valence-electron chi connectivity index (χ4n) is 3.84. The van der Waals surface area contributed by atoms with Gasteiger partial charge in [-0.05, 0) is 24.6 Å². The predicted molar refractivity (Wildman–Crippen MR) is 94.8 cm³/mol. The summed E-state index contributed by atoms with van der Waals surface area (Å²) in [6.07, 6.45) is 3.98. The van der Waals surface area contributed by atoms with Crippen molar-refractivity contribution >= 4 is 11.8 Å². The van der Waals surface area contributed by atoms with E-state index in [1.165, 1.54) is 6.26 Å². The number of furan rings is 1. The summed E-state index contributed by atoms with van der Waals surface area (Å²) in [5.41, 5.74) is 0.512. The summed E-state index contributed by atoms with van der Waals surface area (Å²) in [6.45, 7) is 0.653. The molecule has 2 aliphatic heterocycles. The molecule has 6 nitrogen and oxygen atoms in total. The van der Waals surface area contributed by atoms with Crippen LogP contribution in [0.3, 0.4) is 0 Å². The van der Waals surface area contributed by atoms with Gasteiger partial charge in [-0.3, -0.25) is 9.59 Å². The monoisotopic (exact) mass is 354 g/mol. The number of hydrogen-bond donors (Lipinski definition) is 1. The summed E-state index contributed by atoms with van der Waals surface area (Å²) in [7, 11) is 1.83. The van der Waals surface area contributed by atoms with E-state index in [-0.39, 0.29) is 17.9 Å². The van der Waals surface area contributed by atoms with Gasteiger partial charge >= 0.3 is 0 Å². The quantitative estimate of drug-likeness (QED) is 0.900. The van der Waals surface area contributed by atoms with E-state index >= 15 is 0 Å². The maximum Gasteiger partial charge on any atom is 0.287 e. The van der Waals surface area contributed by atoms with Gasteiger partial charge < -0.3 is 19.4 Å². The number of carbonyl (C=O) groups excluding carboxylic acids is 2. The van der Waals surface area contributed by atoms with Gasteiger partial charge in [-0.2, -0.15) is 0 Å². The summed E-state index contributed by atoms with van der Waals surface area (Å²) in [4.78, 5) is 26.4. The molecule has 1 spiro atoms. The van der Waals surface area contributed by atoms with E-state index in [1.807, 2.05) is 31.3 Å². The smallest absolute Gasteiger partial charge is 0.287 e. The van der Waals surface area contributed by atoms with Gasteiger partial charge in [0.15, 0.2) is 5.76 Å². The van der Waals surface area contributed by atoms with Crippen molar-refractivity contribution in [1.82, 2.24) is 10.2 Å². The molecule has 1 N–H and O–H groups in total. The van der Waals surface area contributed by atoms with Gasteiger partial charge in [0.05, 0.1) is 12.3 Å². The highest BCUT2D eigenvalue weighted by Crippen LogP contribution is 2.44. The number of benzene rings is 1. The largest absolute Gasteiger partial charge is 0.487 e. The minimum absolute atomic E-state index is 0.139. The van der Waals surface area contributed by atoms with Gasteiger partial charge in [-0.25, -0.2) is 0 Å². The maximum atomic E-state index is 12.5. The number of amides is 2. The number of nitrogens with zero attached hydrogens (tertiary/aromatic N) is 1. The summed E-state index contributed by atoms with van der Waals surface area (Å²) in [5, 5.41) is 3.08. The molecule has 1 aromatic carbocycles. The number of nitrogens with one attached hydrogen (secondary N) is 1. The molecule has 1 aromatic heterocycles. The van der Waals surface area contributed by atoms with E-state index in [9.17, 15) is 9.59 Å². The molecule has 1 fully saturated rings. The molecule has 2 aliphatic rings. The molecule has 136 valence electrons. The van der Waals surface area contributed by atoms with Gasteiger partial charge in [-0.1, -0.05) is 18.2 Å². The van der Waals surface area contributed by atoms with Crippen molar-refractivity contribution in [2.75, 3.05) is 13.6 Å². The Kier molecular flexibility index (Phi) is 4.18. The Hall–Kier alpha value is -2.76. The molecular weight excluding hydrogens is 332 g/mol. The predicted octanol–water partition coefficient (Wildman–Crippen LogP) is 2.91. The van der Waals surface area contributed by atoms with Crippen LogP contribution < -0.4 is 10.1 Å². The number of para-hydroxylation sites is 1. The summed E-state index contributed by atoms with van der Waals surface area (Å²) in [6, 6.07) is 10.9. The molecule has 1 saturated heterocycles. The third-order valence-corrected chi connectivity index (χ3v) is 5.37. The zero-order valence-corrected chi connectivity index (χ0v) is 14.7. The van der Waals surface area contributed by atoms with Crippen LogP contribution in [0.4, 0.5) is 0 Å².